The number of amides is 2. The molecule has 2 aromatic rings. The lowest BCUT2D eigenvalue weighted by atomic mass is 9.83. The number of hydrogen-bond acceptors (Lipinski definition) is 2. The zero-order chi connectivity index (χ0) is 32.4. The molecule has 4 nitrogen and oxygen atoms in total. The smallest absolute Gasteiger partial charge is 0.251 e. The average molecular weight is 631 g/mol. The number of unbranched alkanes of at least 4 members (excludes halogenated alkanes) is 12. The fraction of sp³-hybridized carbons (Fsp3) is 0.714. The molecule has 46 heavy (non-hydrogen) atoms. The Bertz CT molecular complexity index is 1070. The molecule has 2 amide bonds. The third-order valence-electron chi connectivity index (χ3n) is 11.2. The molecule has 4 rings (SSSR count). The van der Waals surface area contributed by atoms with E-state index in [0.29, 0.717) is 11.1 Å². The summed E-state index contributed by atoms with van der Waals surface area (Å²) in [5.41, 5.74) is 1.42. The number of fused-ring (bicyclic) bond motifs is 1. The van der Waals surface area contributed by atoms with Gasteiger partial charge < -0.3 is 10.6 Å². The van der Waals surface area contributed by atoms with Gasteiger partial charge in [0.1, 0.15) is 0 Å². The minimum atomic E-state index is 0.0295. The third-order valence-corrected chi connectivity index (χ3v) is 11.2. The minimum Gasteiger partial charge on any atom is -0.349 e. The van der Waals surface area contributed by atoms with Crippen LogP contribution in [0.1, 0.15) is 189 Å². The highest BCUT2D eigenvalue weighted by Gasteiger charge is 2.24. The van der Waals surface area contributed by atoms with E-state index < -0.39 is 0 Å². The Morgan fingerprint density at radius 3 is 1.22 bits per heavy atom. The number of nitrogens with one attached hydrogen (secondary N) is 2. The minimum absolute atomic E-state index is 0.0295. The SMILES string of the molecule is CCCCCCCCCC1CCC(NC(=O)c2ccc3cc(C(=O)NC4CCC(CCCCCCCCC)CC4)ccc3c2)CC1. The van der Waals surface area contributed by atoms with Crippen LogP contribution >= 0.6 is 0 Å². The van der Waals surface area contributed by atoms with Gasteiger partial charge in [-0.15, -0.1) is 0 Å². The first kappa shape index (κ1) is 36.5. The molecule has 0 bridgehead atoms. The van der Waals surface area contributed by atoms with Crippen LogP contribution in [0, 0.1) is 11.8 Å². The van der Waals surface area contributed by atoms with Crippen molar-refractivity contribution in [1.82, 2.24) is 10.6 Å². The maximum Gasteiger partial charge on any atom is 0.251 e. The molecule has 0 aromatic heterocycles. The van der Waals surface area contributed by atoms with Crippen LogP contribution < -0.4 is 10.6 Å². The van der Waals surface area contributed by atoms with Crippen molar-refractivity contribution in [1.29, 1.82) is 0 Å². The van der Waals surface area contributed by atoms with Crippen molar-refractivity contribution in [2.24, 2.45) is 11.8 Å². The van der Waals surface area contributed by atoms with E-state index in [-0.39, 0.29) is 23.9 Å². The van der Waals surface area contributed by atoms with Crippen molar-refractivity contribution in [2.75, 3.05) is 0 Å². The van der Waals surface area contributed by atoms with Gasteiger partial charge in [-0.2, -0.15) is 0 Å². The van der Waals surface area contributed by atoms with Crippen LogP contribution in [0.25, 0.3) is 10.8 Å². The molecule has 0 atom stereocenters. The van der Waals surface area contributed by atoms with Gasteiger partial charge in [-0.05, 0) is 98.2 Å². The molecule has 0 unspecified atom stereocenters. The van der Waals surface area contributed by atoms with E-state index in [1.165, 1.54) is 128 Å². The van der Waals surface area contributed by atoms with Gasteiger partial charge in [0.05, 0.1) is 0 Å². The summed E-state index contributed by atoms with van der Waals surface area (Å²) in [5, 5.41) is 8.65. The predicted molar refractivity (Wildman–Crippen MR) is 196 cm³/mol. The molecule has 2 fully saturated rings. The molecule has 0 aliphatic heterocycles. The second-order valence-corrected chi connectivity index (χ2v) is 15.0. The first-order valence-electron chi connectivity index (χ1n) is 19.7. The van der Waals surface area contributed by atoms with Gasteiger partial charge in [-0.25, -0.2) is 0 Å². The van der Waals surface area contributed by atoms with Gasteiger partial charge in [0.2, 0.25) is 0 Å². The van der Waals surface area contributed by atoms with Crippen molar-refractivity contribution < 1.29 is 9.59 Å². The molecule has 0 spiro atoms. The Kier molecular flexibility index (Phi) is 16.5. The van der Waals surface area contributed by atoms with Crippen LogP contribution in [0.2, 0.25) is 0 Å². The molecule has 2 aliphatic rings. The first-order chi connectivity index (χ1) is 22.6. The van der Waals surface area contributed by atoms with Crippen LogP contribution in [0.4, 0.5) is 0 Å². The summed E-state index contributed by atoms with van der Waals surface area (Å²) in [5.74, 6) is 1.74. The van der Waals surface area contributed by atoms with E-state index in [1.807, 2.05) is 36.4 Å². The highest BCUT2D eigenvalue weighted by Crippen LogP contribution is 2.30. The van der Waals surface area contributed by atoms with Gasteiger partial charge in [0.15, 0.2) is 0 Å². The van der Waals surface area contributed by atoms with Crippen LogP contribution in [0.5, 0.6) is 0 Å². The molecule has 2 aliphatic carbocycles. The summed E-state index contributed by atoms with van der Waals surface area (Å²) in [6.07, 6.45) is 31.4. The first-order valence-corrected chi connectivity index (χ1v) is 19.7. The van der Waals surface area contributed by atoms with Gasteiger partial charge in [-0.3, -0.25) is 9.59 Å². The normalized spacial score (nSPS) is 21.7. The van der Waals surface area contributed by atoms with Crippen LogP contribution in [-0.2, 0) is 0 Å². The predicted octanol–water partition coefficient (Wildman–Crippen LogP) is 11.7. The van der Waals surface area contributed by atoms with Crippen LogP contribution in [-0.4, -0.2) is 23.9 Å². The van der Waals surface area contributed by atoms with Gasteiger partial charge in [0, 0.05) is 23.2 Å². The van der Waals surface area contributed by atoms with Crippen molar-refractivity contribution in [3.05, 3.63) is 47.5 Å². The molecule has 0 radical (unpaired) electrons. The lowest BCUT2D eigenvalue weighted by molar-refractivity contribution is 0.0912. The number of benzene rings is 2. The second-order valence-electron chi connectivity index (χ2n) is 15.0. The van der Waals surface area contributed by atoms with E-state index >= 15 is 0 Å². The van der Waals surface area contributed by atoms with E-state index in [0.717, 1.165) is 48.3 Å². The van der Waals surface area contributed by atoms with E-state index in [4.69, 9.17) is 0 Å². The Hall–Kier alpha value is -2.36. The van der Waals surface area contributed by atoms with Gasteiger partial charge in [0.25, 0.3) is 11.8 Å². The fourth-order valence-corrected chi connectivity index (χ4v) is 8.04. The molecule has 2 aromatic carbocycles. The summed E-state index contributed by atoms with van der Waals surface area (Å²) in [7, 11) is 0. The molecule has 256 valence electrons. The topological polar surface area (TPSA) is 58.2 Å². The number of hydrogen-bond donors (Lipinski definition) is 2. The Labute approximate surface area is 281 Å². The molecule has 2 saturated carbocycles. The Morgan fingerprint density at radius 2 is 0.848 bits per heavy atom. The van der Waals surface area contributed by atoms with Crippen molar-refractivity contribution in [2.45, 2.75) is 180 Å². The highest BCUT2D eigenvalue weighted by atomic mass is 16.2. The number of rotatable bonds is 20. The maximum atomic E-state index is 13.1. The monoisotopic (exact) mass is 631 g/mol. The average Bonchev–Trinajstić information content (AvgIpc) is 3.08. The third kappa shape index (κ3) is 12.7. The van der Waals surface area contributed by atoms with E-state index in [1.54, 1.807) is 0 Å². The summed E-state index contributed by atoms with van der Waals surface area (Å²) < 4.78 is 0. The highest BCUT2D eigenvalue weighted by molar-refractivity contribution is 6.02. The molecular weight excluding hydrogens is 564 g/mol. The zero-order valence-corrected chi connectivity index (χ0v) is 29.6. The van der Waals surface area contributed by atoms with Crippen LogP contribution in [0.3, 0.4) is 0 Å². The zero-order valence-electron chi connectivity index (χ0n) is 29.6. The van der Waals surface area contributed by atoms with Crippen molar-refractivity contribution in [3.63, 3.8) is 0 Å². The summed E-state index contributed by atoms with van der Waals surface area (Å²) in [6, 6.07) is 12.3. The van der Waals surface area contributed by atoms with E-state index in [9.17, 15) is 9.59 Å². The summed E-state index contributed by atoms with van der Waals surface area (Å²) in [4.78, 5) is 26.2. The quantitative estimate of drug-likeness (QED) is 0.143. The molecule has 0 saturated heterocycles. The standard InChI is InChI=1S/C42H66N2O2/c1-3-5-7-9-11-13-15-17-33-19-27-39(28-20-33)43-41(45)37-25-23-36-32-38(26-24-35(36)31-37)42(46)44-40-29-21-34(22-30-40)18-16-14-12-10-8-6-4-2/h23-26,31-34,39-40H,3-22,27-30H2,1-2H3,(H,43,45)(H,44,46). The lowest BCUT2D eigenvalue weighted by Crippen LogP contribution is -2.37. The van der Waals surface area contributed by atoms with Gasteiger partial charge in [-0.1, -0.05) is 129 Å². The molecule has 2 N–H and O–H groups in total. The Balaban J connectivity index is 1.13. The molecule has 0 heterocycles. The van der Waals surface area contributed by atoms with E-state index in [2.05, 4.69) is 24.5 Å². The van der Waals surface area contributed by atoms with Crippen molar-refractivity contribution in [3.8, 4) is 0 Å². The largest absolute Gasteiger partial charge is 0.349 e. The number of carbonyl (C=O) groups is 2. The molecule has 4 heteroatoms. The maximum absolute atomic E-state index is 13.1. The summed E-state index contributed by atoms with van der Waals surface area (Å²) in [6.45, 7) is 4.56. The molecular formula is C42H66N2O2. The number of carbonyl (C=O) groups excluding carboxylic acids is 2. The van der Waals surface area contributed by atoms with Gasteiger partial charge >= 0.3 is 0 Å². The second kappa shape index (κ2) is 20.8. The Morgan fingerprint density at radius 1 is 0.500 bits per heavy atom. The lowest BCUT2D eigenvalue weighted by Gasteiger charge is -2.29. The fourth-order valence-electron chi connectivity index (χ4n) is 8.04. The van der Waals surface area contributed by atoms with Crippen molar-refractivity contribution >= 4 is 22.6 Å². The van der Waals surface area contributed by atoms with Crippen LogP contribution in [0.15, 0.2) is 36.4 Å². The summed E-state index contributed by atoms with van der Waals surface area (Å²) >= 11 is 0.